The standard InChI is InChI=1S/C15H24N2O/c1-11(16)8-14-6-4-5-7-15(14)17-9-13(3)18-10-12(17)2/h4-7,11-13H,8-10,16H2,1-3H3. The van der Waals surface area contributed by atoms with Crippen molar-refractivity contribution in [1.29, 1.82) is 0 Å². The number of anilines is 1. The zero-order chi connectivity index (χ0) is 13.1. The van der Waals surface area contributed by atoms with Crippen LogP contribution in [0, 0.1) is 0 Å². The quantitative estimate of drug-likeness (QED) is 0.891. The molecular formula is C15H24N2O. The highest BCUT2D eigenvalue weighted by atomic mass is 16.5. The Morgan fingerprint density at radius 3 is 2.83 bits per heavy atom. The molecule has 1 fully saturated rings. The minimum Gasteiger partial charge on any atom is -0.375 e. The molecule has 2 N–H and O–H groups in total. The molecule has 1 aliphatic heterocycles. The van der Waals surface area contributed by atoms with Crippen molar-refractivity contribution in [1.82, 2.24) is 0 Å². The molecular weight excluding hydrogens is 224 g/mol. The second-order valence-electron chi connectivity index (χ2n) is 5.46. The summed E-state index contributed by atoms with van der Waals surface area (Å²) in [5, 5.41) is 0. The Morgan fingerprint density at radius 1 is 1.39 bits per heavy atom. The van der Waals surface area contributed by atoms with Crippen molar-refractivity contribution in [3.8, 4) is 0 Å². The van der Waals surface area contributed by atoms with E-state index >= 15 is 0 Å². The van der Waals surface area contributed by atoms with Crippen LogP contribution >= 0.6 is 0 Å². The fourth-order valence-corrected chi connectivity index (χ4v) is 2.55. The maximum atomic E-state index is 5.94. The van der Waals surface area contributed by atoms with Gasteiger partial charge in [0.05, 0.1) is 12.7 Å². The summed E-state index contributed by atoms with van der Waals surface area (Å²) in [6.07, 6.45) is 1.22. The lowest BCUT2D eigenvalue weighted by atomic mass is 10.0. The molecule has 0 aromatic heterocycles. The van der Waals surface area contributed by atoms with E-state index in [0.717, 1.165) is 19.6 Å². The Morgan fingerprint density at radius 2 is 2.11 bits per heavy atom. The molecule has 18 heavy (non-hydrogen) atoms. The second kappa shape index (κ2) is 5.72. The highest BCUT2D eigenvalue weighted by Crippen LogP contribution is 2.26. The lowest BCUT2D eigenvalue weighted by Crippen LogP contribution is -2.47. The van der Waals surface area contributed by atoms with E-state index in [1.165, 1.54) is 11.3 Å². The van der Waals surface area contributed by atoms with Gasteiger partial charge in [0.15, 0.2) is 0 Å². The lowest BCUT2D eigenvalue weighted by molar-refractivity contribution is 0.0343. The minimum absolute atomic E-state index is 0.194. The average molecular weight is 248 g/mol. The number of hydrogen-bond donors (Lipinski definition) is 1. The molecule has 100 valence electrons. The van der Waals surface area contributed by atoms with E-state index in [0.29, 0.717) is 12.1 Å². The highest BCUT2D eigenvalue weighted by Gasteiger charge is 2.25. The van der Waals surface area contributed by atoms with E-state index in [1.807, 2.05) is 0 Å². The SMILES string of the molecule is CC(N)Cc1ccccc1N1CC(C)OCC1C. The predicted octanol–water partition coefficient (Wildman–Crippen LogP) is 2.19. The molecule has 1 aromatic carbocycles. The van der Waals surface area contributed by atoms with E-state index in [-0.39, 0.29) is 6.04 Å². The number of nitrogens with zero attached hydrogens (tertiary/aromatic N) is 1. The van der Waals surface area contributed by atoms with Gasteiger partial charge in [-0.05, 0) is 38.8 Å². The summed E-state index contributed by atoms with van der Waals surface area (Å²) in [6, 6.07) is 9.20. The molecule has 0 radical (unpaired) electrons. The maximum absolute atomic E-state index is 5.94. The maximum Gasteiger partial charge on any atom is 0.0723 e. The summed E-state index contributed by atoms with van der Waals surface area (Å²) in [5.41, 5.74) is 8.60. The van der Waals surface area contributed by atoms with Gasteiger partial charge < -0.3 is 15.4 Å². The zero-order valence-corrected chi connectivity index (χ0v) is 11.6. The summed E-state index contributed by atoms with van der Waals surface area (Å²) < 4.78 is 5.70. The van der Waals surface area contributed by atoms with Crippen LogP contribution in [0.1, 0.15) is 26.3 Å². The molecule has 1 saturated heterocycles. The zero-order valence-electron chi connectivity index (χ0n) is 11.6. The van der Waals surface area contributed by atoms with Gasteiger partial charge in [-0.1, -0.05) is 18.2 Å². The van der Waals surface area contributed by atoms with Crippen LogP contribution < -0.4 is 10.6 Å². The number of ether oxygens (including phenoxy) is 1. The Balaban J connectivity index is 2.25. The van der Waals surface area contributed by atoms with Crippen LogP contribution in [-0.4, -0.2) is 31.3 Å². The van der Waals surface area contributed by atoms with Crippen LogP contribution in [-0.2, 0) is 11.2 Å². The predicted molar refractivity (Wildman–Crippen MR) is 76.0 cm³/mol. The largest absolute Gasteiger partial charge is 0.375 e. The first-order chi connectivity index (χ1) is 8.58. The van der Waals surface area contributed by atoms with E-state index in [4.69, 9.17) is 10.5 Å². The van der Waals surface area contributed by atoms with E-state index in [9.17, 15) is 0 Å². The van der Waals surface area contributed by atoms with Crippen LogP contribution in [0.15, 0.2) is 24.3 Å². The van der Waals surface area contributed by atoms with Crippen molar-refractivity contribution in [2.45, 2.75) is 45.4 Å². The Labute approximate surface area is 110 Å². The van der Waals surface area contributed by atoms with Gasteiger partial charge in [0.2, 0.25) is 0 Å². The van der Waals surface area contributed by atoms with Gasteiger partial charge in [0.25, 0.3) is 0 Å². The lowest BCUT2D eigenvalue weighted by Gasteiger charge is -2.39. The molecule has 1 aliphatic rings. The van der Waals surface area contributed by atoms with Crippen molar-refractivity contribution in [2.24, 2.45) is 5.73 Å². The minimum atomic E-state index is 0.194. The molecule has 0 saturated carbocycles. The van der Waals surface area contributed by atoms with Gasteiger partial charge in [-0.2, -0.15) is 0 Å². The van der Waals surface area contributed by atoms with Crippen molar-refractivity contribution in [3.05, 3.63) is 29.8 Å². The average Bonchev–Trinajstić information content (AvgIpc) is 2.32. The van der Waals surface area contributed by atoms with Gasteiger partial charge >= 0.3 is 0 Å². The van der Waals surface area contributed by atoms with Crippen molar-refractivity contribution >= 4 is 5.69 Å². The fraction of sp³-hybridized carbons (Fsp3) is 0.600. The molecule has 2 rings (SSSR count). The van der Waals surface area contributed by atoms with Crippen LogP contribution in [0.3, 0.4) is 0 Å². The molecule has 1 heterocycles. The van der Waals surface area contributed by atoms with Gasteiger partial charge in [-0.25, -0.2) is 0 Å². The number of benzene rings is 1. The normalized spacial score (nSPS) is 26.1. The second-order valence-corrected chi connectivity index (χ2v) is 5.46. The smallest absolute Gasteiger partial charge is 0.0723 e. The third-order valence-corrected chi connectivity index (χ3v) is 3.45. The fourth-order valence-electron chi connectivity index (χ4n) is 2.55. The first-order valence-electron chi connectivity index (χ1n) is 6.79. The van der Waals surface area contributed by atoms with Crippen LogP contribution in [0.2, 0.25) is 0 Å². The Bertz CT molecular complexity index is 392. The van der Waals surface area contributed by atoms with Gasteiger partial charge in [0.1, 0.15) is 0 Å². The van der Waals surface area contributed by atoms with Crippen LogP contribution in [0.25, 0.3) is 0 Å². The molecule has 3 unspecified atom stereocenters. The number of rotatable bonds is 3. The molecule has 0 bridgehead atoms. The molecule has 0 spiro atoms. The van der Waals surface area contributed by atoms with Crippen LogP contribution in [0.5, 0.6) is 0 Å². The first kappa shape index (κ1) is 13.4. The molecule has 0 amide bonds. The molecule has 3 nitrogen and oxygen atoms in total. The Hall–Kier alpha value is -1.06. The topological polar surface area (TPSA) is 38.5 Å². The molecule has 3 atom stereocenters. The van der Waals surface area contributed by atoms with Crippen LogP contribution in [0.4, 0.5) is 5.69 Å². The summed E-state index contributed by atoms with van der Waals surface area (Å²) in [6.45, 7) is 8.16. The molecule has 1 aromatic rings. The van der Waals surface area contributed by atoms with E-state index in [1.54, 1.807) is 0 Å². The third-order valence-electron chi connectivity index (χ3n) is 3.45. The molecule has 3 heteroatoms. The summed E-state index contributed by atoms with van der Waals surface area (Å²) in [4.78, 5) is 2.45. The summed E-state index contributed by atoms with van der Waals surface area (Å²) >= 11 is 0. The number of nitrogens with two attached hydrogens (primary N) is 1. The van der Waals surface area contributed by atoms with E-state index in [2.05, 4.69) is 49.9 Å². The highest BCUT2D eigenvalue weighted by molar-refractivity contribution is 5.55. The monoisotopic (exact) mass is 248 g/mol. The van der Waals surface area contributed by atoms with Gasteiger partial charge in [-0.3, -0.25) is 0 Å². The first-order valence-corrected chi connectivity index (χ1v) is 6.79. The summed E-state index contributed by atoms with van der Waals surface area (Å²) in [5.74, 6) is 0. The number of para-hydroxylation sites is 1. The van der Waals surface area contributed by atoms with Crippen molar-refractivity contribution < 1.29 is 4.74 Å². The van der Waals surface area contributed by atoms with Gasteiger partial charge in [0, 0.05) is 24.3 Å². The summed E-state index contributed by atoms with van der Waals surface area (Å²) in [7, 11) is 0. The molecule has 0 aliphatic carbocycles. The van der Waals surface area contributed by atoms with E-state index < -0.39 is 0 Å². The van der Waals surface area contributed by atoms with Crippen molar-refractivity contribution in [2.75, 3.05) is 18.1 Å². The Kier molecular flexibility index (Phi) is 4.25. The number of morpholine rings is 1. The van der Waals surface area contributed by atoms with Crippen molar-refractivity contribution in [3.63, 3.8) is 0 Å². The number of hydrogen-bond acceptors (Lipinski definition) is 3. The van der Waals surface area contributed by atoms with Gasteiger partial charge in [-0.15, -0.1) is 0 Å². The third kappa shape index (κ3) is 3.03.